The van der Waals surface area contributed by atoms with Gasteiger partial charge in [0.25, 0.3) is 11.5 Å². The highest BCUT2D eigenvalue weighted by molar-refractivity contribution is 6.02. The van der Waals surface area contributed by atoms with Crippen molar-refractivity contribution in [3.05, 3.63) is 76.7 Å². The van der Waals surface area contributed by atoms with Gasteiger partial charge < -0.3 is 14.8 Å². The summed E-state index contributed by atoms with van der Waals surface area (Å²) in [6.45, 7) is 2.54. The van der Waals surface area contributed by atoms with Crippen LogP contribution in [0.25, 0.3) is 0 Å². The number of amides is 1. The maximum absolute atomic E-state index is 12.2. The van der Waals surface area contributed by atoms with Gasteiger partial charge in [0.15, 0.2) is 0 Å². The number of hydrogen-bond acceptors (Lipinski definition) is 5. The zero-order valence-corrected chi connectivity index (χ0v) is 15.0. The topological polar surface area (TPSA) is 82.5 Å². The van der Waals surface area contributed by atoms with Gasteiger partial charge in [-0.05, 0) is 61.5 Å². The first kappa shape index (κ1) is 18.2. The van der Waals surface area contributed by atoms with Gasteiger partial charge in [0.1, 0.15) is 22.9 Å². The van der Waals surface area contributed by atoms with Crippen LogP contribution in [0.2, 0.25) is 0 Å². The highest BCUT2D eigenvalue weighted by atomic mass is 16.5. The number of hydrogen-bond donors (Lipinski definition) is 1. The highest BCUT2D eigenvalue weighted by Crippen LogP contribution is 2.25. The fraction of sp³-hybridized carbons (Fsp3) is 0.150. The molecule has 0 unspecified atom stereocenters. The molecule has 27 heavy (non-hydrogen) atoms. The third-order valence-corrected chi connectivity index (χ3v) is 3.68. The summed E-state index contributed by atoms with van der Waals surface area (Å²) >= 11 is 0. The van der Waals surface area contributed by atoms with E-state index in [1.54, 1.807) is 24.3 Å². The molecule has 0 fully saturated rings. The molecule has 0 saturated heterocycles. The van der Waals surface area contributed by atoms with E-state index in [-0.39, 0.29) is 11.3 Å². The maximum Gasteiger partial charge on any atom is 0.276 e. The van der Waals surface area contributed by atoms with E-state index in [1.807, 2.05) is 31.2 Å². The molecule has 138 valence electrons. The molecule has 7 heteroatoms. The number of rotatable bonds is 6. The molecule has 0 bridgehead atoms. The molecule has 3 aromatic rings. The Morgan fingerprint density at radius 2 is 1.56 bits per heavy atom. The molecule has 0 aliphatic heterocycles. The smallest absolute Gasteiger partial charge is 0.276 e. The Bertz CT molecular complexity index is 979. The van der Waals surface area contributed by atoms with Crippen molar-refractivity contribution in [2.45, 2.75) is 6.92 Å². The zero-order valence-electron chi connectivity index (χ0n) is 15.0. The molecular weight excluding hydrogens is 346 g/mol. The van der Waals surface area contributed by atoms with Crippen LogP contribution < -0.4 is 20.3 Å². The number of aromatic nitrogens is 2. The monoisotopic (exact) mass is 365 g/mol. The molecular formula is C20H19N3O4. The van der Waals surface area contributed by atoms with Crippen molar-refractivity contribution in [1.29, 1.82) is 0 Å². The van der Waals surface area contributed by atoms with Gasteiger partial charge in [-0.15, -0.1) is 0 Å². The molecule has 7 nitrogen and oxygen atoms in total. The average molecular weight is 365 g/mol. The highest BCUT2D eigenvalue weighted by Gasteiger charge is 2.09. The van der Waals surface area contributed by atoms with Gasteiger partial charge in [0.2, 0.25) is 0 Å². The summed E-state index contributed by atoms with van der Waals surface area (Å²) < 4.78 is 12.3. The number of anilines is 1. The van der Waals surface area contributed by atoms with Crippen molar-refractivity contribution in [3.63, 3.8) is 0 Å². The van der Waals surface area contributed by atoms with Crippen LogP contribution in [-0.2, 0) is 7.05 Å². The Labute approximate surface area is 156 Å². The van der Waals surface area contributed by atoms with Crippen LogP contribution in [0.5, 0.6) is 17.2 Å². The molecule has 1 aromatic heterocycles. The van der Waals surface area contributed by atoms with Crippen LogP contribution in [-0.4, -0.2) is 22.3 Å². The standard InChI is InChI=1S/C20H19N3O4/c1-3-26-15-8-10-17(11-9-15)27-16-6-4-14(5-7-16)21-20(25)18-12-13-19(24)23(2)22-18/h4-13H,3H2,1-2H3,(H,21,25). The number of benzene rings is 2. The maximum atomic E-state index is 12.2. The van der Waals surface area contributed by atoms with E-state index in [1.165, 1.54) is 19.2 Å². The first-order valence-corrected chi connectivity index (χ1v) is 8.41. The first-order valence-electron chi connectivity index (χ1n) is 8.41. The predicted octanol–water partition coefficient (Wildman–Crippen LogP) is 3.22. The molecule has 0 atom stereocenters. The van der Waals surface area contributed by atoms with E-state index in [9.17, 15) is 9.59 Å². The van der Waals surface area contributed by atoms with Crippen LogP contribution >= 0.6 is 0 Å². The van der Waals surface area contributed by atoms with Crippen molar-refractivity contribution in [1.82, 2.24) is 9.78 Å². The molecule has 0 saturated carbocycles. The first-order chi connectivity index (χ1) is 13.0. The van der Waals surface area contributed by atoms with Crippen LogP contribution in [0.15, 0.2) is 65.5 Å². The van der Waals surface area contributed by atoms with Crippen LogP contribution in [0.3, 0.4) is 0 Å². The van der Waals surface area contributed by atoms with Crippen LogP contribution in [0.4, 0.5) is 5.69 Å². The average Bonchev–Trinajstić information content (AvgIpc) is 2.67. The Kier molecular flexibility index (Phi) is 5.51. The number of ether oxygens (including phenoxy) is 2. The van der Waals surface area contributed by atoms with E-state index in [0.717, 1.165) is 10.4 Å². The van der Waals surface area contributed by atoms with Crippen LogP contribution in [0.1, 0.15) is 17.4 Å². The molecule has 1 amide bonds. The summed E-state index contributed by atoms with van der Waals surface area (Å²) in [6.07, 6.45) is 0. The van der Waals surface area contributed by atoms with Gasteiger partial charge in [0.05, 0.1) is 6.61 Å². The number of carbonyl (C=O) groups is 1. The molecule has 0 aliphatic rings. The summed E-state index contributed by atoms with van der Waals surface area (Å²) in [7, 11) is 1.49. The van der Waals surface area contributed by atoms with E-state index in [0.29, 0.717) is 23.8 Å². The lowest BCUT2D eigenvalue weighted by Crippen LogP contribution is -2.23. The molecule has 3 rings (SSSR count). The number of carbonyl (C=O) groups excluding carboxylic acids is 1. The SMILES string of the molecule is CCOc1ccc(Oc2ccc(NC(=O)c3ccc(=O)n(C)n3)cc2)cc1. The van der Waals surface area contributed by atoms with Crippen molar-refractivity contribution < 1.29 is 14.3 Å². The fourth-order valence-electron chi connectivity index (χ4n) is 2.33. The summed E-state index contributed by atoms with van der Waals surface area (Å²) in [6, 6.07) is 17.0. The van der Waals surface area contributed by atoms with Gasteiger partial charge in [-0.3, -0.25) is 9.59 Å². The molecule has 1 N–H and O–H groups in total. The second-order valence-corrected chi connectivity index (χ2v) is 5.67. The Morgan fingerprint density at radius 1 is 0.963 bits per heavy atom. The third-order valence-electron chi connectivity index (χ3n) is 3.68. The second-order valence-electron chi connectivity index (χ2n) is 5.67. The number of nitrogens with one attached hydrogen (secondary N) is 1. The van der Waals surface area contributed by atoms with Gasteiger partial charge in [0, 0.05) is 18.8 Å². The summed E-state index contributed by atoms with van der Waals surface area (Å²) in [5.41, 5.74) is 0.476. The fourth-order valence-corrected chi connectivity index (χ4v) is 2.33. The minimum atomic E-state index is -0.397. The van der Waals surface area contributed by atoms with Crippen molar-refractivity contribution in [3.8, 4) is 17.2 Å². The largest absolute Gasteiger partial charge is 0.494 e. The lowest BCUT2D eigenvalue weighted by Gasteiger charge is -2.09. The normalized spacial score (nSPS) is 10.3. The summed E-state index contributed by atoms with van der Waals surface area (Å²) in [5.74, 6) is 1.71. The minimum Gasteiger partial charge on any atom is -0.494 e. The summed E-state index contributed by atoms with van der Waals surface area (Å²) in [5, 5.41) is 6.65. The molecule has 0 aliphatic carbocycles. The Morgan fingerprint density at radius 3 is 2.15 bits per heavy atom. The van der Waals surface area contributed by atoms with Gasteiger partial charge in [-0.25, -0.2) is 4.68 Å². The second kappa shape index (κ2) is 8.18. The lowest BCUT2D eigenvalue weighted by molar-refractivity contribution is 0.102. The quantitative estimate of drug-likeness (QED) is 0.725. The molecule has 1 heterocycles. The van der Waals surface area contributed by atoms with Crippen molar-refractivity contribution >= 4 is 11.6 Å². The summed E-state index contributed by atoms with van der Waals surface area (Å²) in [4.78, 5) is 23.5. The van der Waals surface area contributed by atoms with E-state index < -0.39 is 5.91 Å². The van der Waals surface area contributed by atoms with Crippen LogP contribution in [0, 0.1) is 0 Å². The Balaban J connectivity index is 1.63. The molecule has 2 aromatic carbocycles. The third kappa shape index (κ3) is 4.72. The lowest BCUT2D eigenvalue weighted by atomic mass is 10.2. The van der Waals surface area contributed by atoms with E-state index in [2.05, 4.69) is 10.4 Å². The van der Waals surface area contributed by atoms with Gasteiger partial charge in [-0.1, -0.05) is 0 Å². The zero-order chi connectivity index (χ0) is 19.2. The molecule has 0 radical (unpaired) electrons. The van der Waals surface area contributed by atoms with Gasteiger partial charge in [-0.2, -0.15) is 5.10 Å². The molecule has 0 spiro atoms. The minimum absolute atomic E-state index is 0.159. The Hall–Kier alpha value is -3.61. The number of aryl methyl sites for hydroxylation is 1. The number of nitrogens with zero attached hydrogens (tertiary/aromatic N) is 2. The predicted molar refractivity (Wildman–Crippen MR) is 102 cm³/mol. The van der Waals surface area contributed by atoms with E-state index >= 15 is 0 Å². The van der Waals surface area contributed by atoms with Gasteiger partial charge >= 0.3 is 0 Å². The van der Waals surface area contributed by atoms with Crippen molar-refractivity contribution in [2.24, 2.45) is 7.05 Å². The van der Waals surface area contributed by atoms with E-state index in [4.69, 9.17) is 9.47 Å². The van der Waals surface area contributed by atoms with Crippen molar-refractivity contribution in [2.75, 3.05) is 11.9 Å².